The van der Waals surface area contributed by atoms with E-state index in [1.54, 1.807) is 48.5 Å². The van der Waals surface area contributed by atoms with Crippen molar-refractivity contribution in [3.05, 3.63) is 59.7 Å². The fourth-order valence-corrected chi connectivity index (χ4v) is 4.57. The smallest absolute Gasteiger partial charge is 0.264 e. The molecular formula is C21H26N2O3S. The van der Waals surface area contributed by atoms with Crippen LogP contribution in [0.4, 0.5) is 5.69 Å². The predicted octanol–water partition coefficient (Wildman–Crippen LogP) is 3.69. The Bertz CT molecular complexity index is 905. The Morgan fingerprint density at radius 1 is 1.07 bits per heavy atom. The SMILES string of the molecule is Cc1ccc(S(=O)(=O)N(C)c2ccc(C(=O)N3CCC[C@H](C)C3)cc2)cc1. The zero-order valence-corrected chi connectivity index (χ0v) is 16.9. The number of aryl methyl sites for hydroxylation is 1. The molecule has 2 aromatic carbocycles. The summed E-state index contributed by atoms with van der Waals surface area (Å²) in [5.74, 6) is 0.532. The van der Waals surface area contributed by atoms with Crippen LogP contribution < -0.4 is 4.31 Å². The van der Waals surface area contributed by atoms with Crippen LogP contribution in [0.25, 0.3) is 0 Å². The fraction of sp³-hybridized carbons (Fsp3) is 0.381. The molecule has 0 aliphatic carbocycles. The molecule has 1 amide bonds. The molecule has 1 saturated heterocycles. The number of carbonyl (C=O) groups is 1. The van der Waals surface area contributed by atoms with Crippen molar-refractivity contribution in [3.63, 3.8) is 0 Å². The summed E-state index contributed by atoms with van der Waals surface area (Å²) < 4.78 is 26.8. The predicted molar refractivity (Wildman–Crippen MR) is 108 cm³/mol. The normalized spacial score (nSPS) is 17.6. The maximum absolute atomic E-state index is 12.8. The van der Waals surface area contributed by atoms with E-state index in [1.807, 2.05) is 11.8 Å². The van der Waals surface area contributed by atoms with Crippen molar-refractivity contribution in [2.24, 2.45) is 5.92 Å². The van der Waals surface area contributed by atoms with E-state index >= 15 is 0 Å². The van der Waals surface area contributed by atoms with Gasteiger partial charge in [-0.1, -0.05) is 24.6 Å². The van der Waals surface area contributed by atoms with Gasteiger partial charge in [0.15, 0.2) is 0 Å². The van der Waals surface area contributed by atoms with E-state index in [2.05, 4.69) is 6.92 Å². The molecule has 144 valence electrons. The fourth-order valence-electron chi connectivity index (χ4n) is 3.38. The molecule has 6 heteroatoms. The molecule has 1 atom stereocenters. The Balaban J connectivity index is 1.78. The largest absolute Gasteiger partial charge is 0.338 e. The summed E-state index contributed by atoms with van der Waals surface area (Å²) in [4.78, 5) is 14.8. The lowest BCUT2D eigenvalue weighted by Crippen LogP contribution is -2.39. The number of piperidine rings is 1. The molecule has 1 fully saturated rings. The number of anilines is 1. The van der Waals surface area contributed by atoms with Crippen LogP contribution in [0, 0.1) is 12.8 Å². The molecule has 0 N–H and O–H groups in total. The van der Waals surface area contributed by atoms with Crippen LogP contribution in [0.15, 0.2) is 53.4 Å². The molecule has 27 heavy (non-hydrogen) atoms. The number of carbonyl (C=O) groups excluding carboxylic acids is 1. The van der Waals surface area contributed by atoms with Gasteiger partial charge in [-0.3, -0.25) is 9.10 Å². The topological polar surface area (TPSA) is 57.7 Å². The number of likely N-dealkylation sites (tertiary alicyclic amines) is 1. The highest BCUT2D eigenvalue weighted by molar-refractivity contribution is 7.92. The second-order valence-electron chi connectivity index (χ2n) is 7.33. The summed E-state index contributed by atoms with van der Waals surface area (Å²) in [5.41, 5.74) is 2.12. The first-order chi connectivity index (χ1) is 12.8. The standard InChI is InChI=1S/C21H26N2O3S/c1-16-6-12-20(13-7-16)27(25,26)22(3)19-10-8-18(9-11-19)21(24)23-14-4-5-17(2)15-23/h6-13,17H,4-5,14-15H2,1-3H3/t17-/m0/s1. The lowest BCUT2D eigenvalue weighted by molar-refractivity contribution is 0.0683. The van der Waals surface area contributed by atoms with Gasteiger partial charge in [0.25, 0.3) is 15.9 Å². The van der Waals surface area contributed by atoms with Gasteiger partial charge < -0.3 is 4.90 Å². The van der Waals surface area contributed by atoms with Crippen LogP contribution in [-0.4, -0.2) is 39.4 Å². The van der Waals surface area contributed by atoms with Crippen molar-refractivity contribution in [3.8, 4) is 0 Å². The zero-order valence-electron chi connectivity index (χ0n) is 16.1. The van der Waals surface area contributed by atoms with Gasteiger partial charge >= 0.3 is 0 Å². The molecule has 0 aromatic heterocycles. The molecule has 1 aliphatic heterocycles. The molecule has 0 radical (unpaired) electrons. The van der Waals surface area contributed by atoms with Crippen molar-refractivity contribution < 1.29 is 13.2 Å². The third kappa shape index (κ3) is 4.16. The van der Waals surface area contributed by atoms with Crippen LogP contribution in [0.1, 0.15) is 35.7 Å². The number of hydrogen-bond donors (Lipinski definition) is 0. The summed E-state index contributed by atoms with van der Waals surface area (Å²) in [6.07, 6.45) is 2.19. The minimum absolute atomic E-state index is 0.0112. The highest BCUT2D eigenvalue weighted by Crippen LogP contribution is 2.24. The van der Waals surface area contributed by atoms with Gasteiger partial charge in [0.2, 0.25) is 0 Å². The van der Waals surface area contributed by atoms with E-state index in [9.17, 15) is 13.2 Å². The van der Waals surface area contributed by atoms with Crippen LogP contribution in [0.3, 0.4) is 0 Å². The number of benzene rings is 2. The van der Waals surface area contributed by atoms with Crippen molar-refractivity contribution in [1.29, 1.82) is 0 Å². The van der Waals surface area contributed by atoms with Gasteiger partial charge in [-0.15, -0.1) is 0 Å². The molecule has 0 unspecified atom stereocenters. The molecule has 1 aliphatic rings. The van der Waals surface area contributed by atoms with E-state index in [1.165, 1.54) is 11.4 Å². The molecular weight excluding hydrogens is 360 g/mol. The van der Waals surface area contributed by atoms with E-state index in [0.29, 0.717) is 17.2 Å². The Hall–Kier alpha value is -2.34. The lowest BCUT2D eigenvalue weighted by Gasteiger charge is -2.31. The zero-order chi connectivity index (χ0) is 19.6. The van der Waals surface area contributed by atoms with E-state index in [-0.39, 0.29) is 10.8 Å². The molecule has 5 nitrogen and oxygen atoms in total. The molecule has 0 saturated carbocycles. The van der Waals surface area contributed by atoms with E-state index in [0.717, 1.165) is 31.5 Å². The third-order valence-electron chi connectivity index (χ3n) is 5.10. The highest BCUT2D eigenvalue weighted by Gasteiger charge is 2.24. The highest BCUT2D eigenvalue weighted by atomic mass is 32.2. The molecule has 3 rings (SSSR count). The van der Waals surface area contributed by atoms with Gasteiger partial charge in [-0.25, -0.2) is 8.42 Å². The summed E-state index contributed by atoms with van der Waals surface area (Å²) in [6, 6.07) is 13.6. The molecule has 0 bridgehead atoms. The Kier molecular flexibility index (Phi) is 5.56. The number of amides is 1. The molecule has 1 heterocycles. The van der Waals surface area contributed by atoms with Crippen LogP contribution in [-0.2, 0) is 10.0 Å². The van der Waals surface area contributed by atoms with E-state index in [4.69, 9.17) is 0 Å². The van der Waals surface area contributed by atoms with Gasteiger partial charge in [0.1, 0.15) is 0 Å². The quantitative estimate of drug-likeness (QED) is 0.805. The first-order valence-electron chi connectivity index (χ1n) is 9.24. The molecule has 0 spiro atoms. The lowest BCUT2D eigenvalue weighted by atomic mass is 9.99. The molecule has 2 aromatic rings. The second kappa shape index (κ2) is 7.72. The van der Waals surface area contributed by atoms with Crippen molar-refractivity contribution in [2.75, 3.05) is 24.4 Å². The number of hydrogen-bond acceptors (Lipinski definition) is 3. The van der Waals surface area contributed by atoms with Crippen molar-refractivity contribution in [2.45, 2.75) is 31.6 Å². The van der Waals surface area contributed by atoms with Gasteiger partial charge in [-0.2, -0.15) is 0 Å². The number of rotatable bonds is 4. The van der Waals surface area contributed by atoms with Crippen LogP contribution in [0.5, 0.6) is 0 Å². The van der Waals surface area contributed by atoms with Gasteiger partial charge in [0.05, 0.1) is 10.6 Å². The van der Waals surface area contributed by atoms with Gasteiger partial charge in [0, 0.05) is 25.7 Å². The summed E-state index contributed by atoms with van der Waals surface area (Å²) in [6.45, 7) is 5.64. The number of nitrogens with zero attached hydrogens (tertiary/aromatic N) is 2. The van der Waals surface area contributed by atoms with Crippen molar-refractivity contribution in [1.82, 2.24) is 4.90 Å². The Labute approximate surface area is 161 Å². The monoisotopic (exact) mass is 386 g/mol. The second-order valence-corrected chi connectivity index (χ2v) is 9.30. The van der Waals surface area contributed by atoms with E-state index < -0.39 is 10.0 Å². The first-order valence-corrected chi connectivity index (χ1v) is 10.7. The van der Waals surface area contributed by atoms with Crippen molar-refractivity contribution >= 4 is 21.6 Å². The van der Waals surface area contributed by atoms with Gasteiger partial charge in [-0.05, 0) is 62.1 Å². The summed E-state index contributed by atoms with van der Waals surface area (Å²) >= 11 is 0. The maximum atomic E-state index is 12.8. The number of sulfonamides is 1. The van der Waals surface area contributed by atoms with Crippen LogP contribution >= 0.6 is 0 Å². The minimum atomic E-state index is -3.63. The first kappa shape index (κ1) is 19.4. The minimum Gasteiger partial charge on any atom is -0.338 e. The summed E-state index contributed by atoms with van der Waals surface area (Å²) in [7, 11) is -2.11. The summed E-state index contributed by atoms with van der Waals surface area (Å²) in [5, 5.41) is 0. The Morgan fingerprint density at radius 2 is 1.70 bits per heavy atom. The average Bonchev–Trinajstić information content (AvgIpc) is 2.67. The average molecular weight is 387 g/mol. The maximum Gasteiger partial charge on any atom is 0.264 e. The third-order valence-corrected chi connectivity index (χ3v) is 6.90. The Morgan fingerprint density at radius 3 is 2.30 bits per heavy atom. The van der Waals surface area contributed by atoms with Crippen LogP contribution in [0.2, 0.25) is 0 Å².